The van der Waals surface area contributed by atoms with Gasteiger partial charge < -0.3 is 21.5 Å². The van der Waals surface area contributed by atoms with Gasteiger partial charge in [0.05, 0.1) is 11.7 Å². The van der Waals surface area contributed by atoms with Gasteiger partial charge in [-0.2, -0.15) is 5.21 Å². The minimum Gasteiger partial charge on any atom is -0.390 e. The highest BCUT2D eigenvalue weighted by atomic mass is 32.2. The third-order valence-corrected chi connectivity index (χ3v) is 7.93. The Bertz CT molecular complexity index is 1180. The summed E-state index contributed by atoms with van der Waals surface area (Å²) in [5.74, 6) is -0.602. The lowest BCUT2D eigenvalue weighted by molar-refractivity contribution is 0.186. The second-order valence-electron chi connectivity index (χ2n) is 7.56. The fourth-order valence-electron chi connectivity index (χ4n) is 3.60. The van der Waals surface area contributed by atoms with Gasteiger partial charge in [-0.05, 0) is 30.3 Å². The Balaban J connectivity index is 2.20. The number of hydrogen-bond acceptors (Lipinski definition) is 11. The van der Waals surface area contributed by atoms with Crippen molar-refractivity contribution in [1.82, 2.24) is 25.3 Å². The molecule has 0 spiro atoms. The van der Waals surface area contributed by atoms with Crippen LogP contribution in [0.2, 0.25) is 0 Å². The van der Waals surface area contributed by atoms with Crippen molar-refractivity contribution in [1.29, 1.82) is 0 Å². The summed E-state index contributed by atoms with van der Waals surface area (Å²) in [5, 5.41) is 28.2. The molecule has 3 atom stereocenters. The topological polar surface area (TPSA) is 236 Å². The number of hydrogen-bond donors (Lipinski definition) is 6. The van der Waals surface area contributed by atoms with E-state index in [9.17, 15) is 26.3 Å². The summed E-state index contributed by atoms with van der Waals surface area (Å²) in [6, 6.07) is 2.36. The first-order chi connectivity index (χ1) is 15.5. The maximum atomic E-state index is 14.6. The summed E-state index contributed by atoms with van der Waals surface area (Å²) >= 11 is 0. The first kappa shape index (κ1) is 25.3. The Morgan fingerprint density at radius 1 is 1.30 bits per heavy atom. The van der Waals surface area contributed by atoms with Crippen molar-refractivity contribution in [3.8, 4) is 11.4 Å². The van der Waals surface area contributed by atoms with Gasteiger partial charge in [0.25, 0.3) is 0 Å². The Morgan fingerprint density at radius 3 is 2.58 bits per heavy atom. The van der Waals surface area contributed by atoms with Crippen LogP contribution in [-0.2, 0) is 20.0 Å². The number of piperidine rings is 1. The second kappa shape index (κ2) is 9.92. The third-order valence-electron chi connectivity index (χ3n) is 5.34. The molecule has 1 aromatic carbocycles. The van der Waals surface area contributed by atoms with Crippen molar-refractivity contribution >= 4 is 25.7 Å². The lowest BCUT2D eigenvalue weighted by Crippen LogP contribution is -2.44. The molecule has 184 valence electrons. The van der Waals surface area contributed by atoms with Crippen molar-refractivity contribution in [3.05, 3.63) is 12.1 Å². The number of aromatic nitrogens is 4. The van der Waals surface area contributed by atoms with Gasteiger partial charge in [0.2, 0.25) is 25.9 Å². The van der Waals surface area contributed by atoms with Gasteiger partial charge in [-0.3, -0.25) is 0 Å². The molecule has 1 aromatic heterocycles. The molecule has 1 aliphatic rings. The number of anilines is 1. The van der Waals surface area contributed by atoms with E-state index < -0.39 is 48.7 Å². The van der Waals surface area contributed by atoms with E-state index in [4.69, 9.17) is 16.6 Å². The number of aliphatic hydroxyl groups is 1. The van der Waals surface area contributed by atoms with E-state index in [-0.39, 0.29) is 42.6 Å². The van der Waals surface area contributed by atoms with Crippen LogP contribution < -0.4 is 26.2 Å². The molecular formula is C16H26FN9O5S2. The fraction of sp³-hybridized carbons (Fsp3) is 0.562. The number of nitrogens with two attached hydrogens (primary N) is 3. The van der Waals surface area contributed by atoms with E-state index in [0.29, 0.717) is 13.0 Å². The molecule has 0 amide bonds. The second-order valence-corrected chi connectivity index (χ2v) is 10.8. The normalized spacial score (nSPS) is 20.7. The predicted molar refractivity (Wildman–Crippen MR) is 116 cm³/mol. The molecule has 9 N–H and O–H groups in total. The van der Waals surface area contributed by atoms with Crippen molar-refractivity contribution in [2.75, 3.05) is 37.6 Å². The SMILES string of the molecule is NC[C@@H](O)CNS(=O)(=O)c1ccc(N2CC[C@H](CN)[C@@H](F)C2)c(-c2nn[nH]n2)c1S(N)(=O)=O. The average Bonchev–Trinajstić information content (AvgIpc) is 3.30. The van der Waals surface area contributed by atoms with Gasteiger partial charge >= 0.3 is 0 Å². The molecule has 2 heterocycles. The number of aliphatic hydroxyl groups excluding tert-OH is 1. The number of H-pyrrole nitrogens is 1. The predicted octanol–water partition coefficient (Wildman–Crippen LogP) is -2.76. The van der Waals surface area contributed by atoms with Crippen molar-refractivity contribution in [2.24, 2.45) is 22.5 Å². The molecule has 17 heteroatoms. The van der Waals surface area contributed by atoms with Crippen LogP contribution >= 0.6 is 0 Å². The minimum atomic E-state index is -4.68. The highest BCUT2D eigenvalue weighted by Crippen LogP contribution is 2.39. The van der Waals surface area contributed by atoms with E-state index in [1.807, 2.05) is 0 Å². The molecule has 0 aliphatic carbocycles. The van der Waals surface area contributed by atoms with E-state index >= 15 is 0 Å². The number of aromatic amines is 1. The quantitative estimate of drug-likeness (QED) is 0.203. The van der Waals surface area contributed by atoms with Crippen LogP contribution in [0.3, 0.4) is 0 Å². The molecule has 0 bridgehead atoms. The molecule has 33 heavy (non-hydrogen) atoms. The zero-order valence-electron chi connectivity index (χ0n) is 17.4. The minimum absolute atomic E-state index is 0.107. The maximum Gasteiger partial charge on any atom is 0.242 e. The molecule has 1 fully saturated rings. The molecule has 0 saturated carbocycles. The number of rotatable bonds is 9. The number of primary sulfonamides is 1. The zero-order valence-corrected chi connectivity index (χ0v) is 19.1. The van der Waals surface area contributed by atoms with Gasteiger partial charge in [-0.1, -0.05) is 0 Å². The number of nitrogens with zero attached hydrogens (tertiary/aromatic N) is 4. The summed E-state index contributed by atoms with van der Waals surface area (Å²) < 4.78 is 67.8. The Kier molecular flexibility index (Phi) is 7.62. The van der Waals surface area contributed by atoms with Gasteiger partial charge in [0.1, 0.15) is 16.0 Å². The number of alkyl halides is 1. The molecule has 0 unspecified atom stereocenters. The Morgan fingerprint density at radius 2 is 2.03 bits per heavy atom. The van der Waals surface area contributed by atoms with E-state index in [1.54, 1.807) is 4.90 Å². The summed E-state index contributed by atoms with van der Waals surface area (Å²) in [6.45, 7) is -0.306. The van der Waals surface area contributed by atoms with Gasteiger partial charge in [0, 0.05) is 37.8 Å². The average molecular weight is 508 g/mol. The summed E-state index contributed by atoms with van der Waals surface area (Å²) in [4.78, 5) is 0.0815. The van der Waals surface area contributed by atoms with Crippen LogP contribution in [-0.4, -0.2) is 87.6 Å². The van der Waals surface area contributed by atoms with E-state index in [1.165, 1.54) is 6.07 Å². The smallest absolute Gasteiger partial charge is 0.242 e. The third kappa shape index (κ3) is 5.45. The summed E-state index contributed by atoms with van der Waals surface area (Å²) in [7, 11) is -9.16. The van der Waals surface area contributed by atoms with Crippen LogP contribution in [0.1, 0.15) is 6.42 Å². The largest absolute Gasteiger partial charge is 0.390 e. The zero-order chi connectivity index (χ0) is 24.4. The van der Waals surface area contributed by atoms with Gasteiger partial charge in [-0.15, -0.1) is 10.2 Å². The first-order valence-electron chi connectivity index (χ1n) is 9.90. The molecule has 2 aromatic rings. The van der Waals surface area contributed by atoms with Gasteiger partial charge in [-0.25, -0.2) is 31.1 Å². The molecular weight excluding hydrogens is 481 g/mol. The highest BCUT2D eigenvalue weighted by Gasteiger charge is 2.35. The first-order valence-corrected chi connectivity index (χ1v) is 12.9. The number of nitrogens with one attached hydrogen (secondary N) is 2. The standard InChI is InChI=1S/C16H26FN9O5S2/c17-11-8-26(4-3-9(11)5-18)12-1-2-13(33(30,31)21-7-10(27)6-19)15(32(20,28)29)14(12)16-22-24-25-23-16/h1-2,9-11,21,27H,3-8,18-19H2,(H2,20,28,29)(H,22,23,24,25)/t9-,10-,11+/m1/s1. The number of sulfonamides is 2. The monoisotopic (exact) mass is 507 g/mol. The molecule has 0 radical (unpaired) electrons. The van der Waals surface area contributed by atoms with Crippen molar-refractivity contribution in [2.45, 2.75) is 28.5 Å². The number of halogens is 1. The summed E-state index contributed by atoms with van der Waals surface area (Å²) in [5.41, 5.74) is 10.8. The maximum absolute atomic E-state index is 14.6. The fourth-order valence-corrected chi connectivity index (χ4v) is 6.27. The molecule has 3 rings (SSSR count). The van der Waals surface area contributed by atoms with Crippen LogP contribution in [0.5, 0.6) is 0 Å². The molecule has 14 nitrogen and oxygen atoms in total. The van der Waals surface area contributed by atoms with Crippen LogP contribution in [0.15, 0.2) is 21.9 Å². The number of benzene rings is 1. The lowest BCUT2D eigenvalue weighted by Gasteiger charge is -2.36. The van der Waals surface area contributed by atoms with Crippen LogP contribution in [0.25, 0.3) is 11.4 Å². The highest BCUT2D eigenvalue weighted by molar-refractivity contribution is 7.92. The van der Waals surface area contributed by atoms with Gasteiger partial charge in [0.15, 0.2) is 0 Å². The Hall–Kier alpha value is -2.28. The van der Waals surface area contributed by atoms with Crippen molar-refractivity contribution in [3.63, 3.8) is 0 Å². The molecule has 1 saturated heterocycles. The van der Waals surface area contributed by atoms with E-state index in [2.05, 4.69) is 25.3 Å². The number of tetrazole rings is 1. The van der Waals surface area contributed by atoms with Crippen LogP contribution in [0.4, 0.5) is 10.1 Å². The van der Waals surface area contributed by atoms with E-state index in [0.717, 1.165) is 6.07 Å². The van der Waals surface area contributed by atoms with Crippen molar-refractivity contribution < 1.29 is 26.3 Å². The Labute approximate surface area is 189 Å². The lowest BCUT2D eigenvalue weighted by atomic mass is 9.94. The summed E-state index contributed by atoms with van der Waals surface area (Å²) in [6.07, 6.45) is -2.09. The molecule has 1 aliphatic heterocycles. The van der Waals surface area contributed by atoms with Crippen LogP contribution in [0, 0.1) is 5.92 Å².